The minimum atomic E-state index is 0.0880. The molecule has 0 spiro atoms. The van der Waals surface area contributed by atoms with Crippen LogP contribution in [0.2, 0.25) is 0 Å². The van der Waals surface area contributed by atoms with Crippen LogP contribution in [0.15, 0.2) is 11.1 Å². The molecule has 0 bridgehead atoms. The zero-order valence-electron chi connectivity index (χ0n) is 5.60. The van der Waals surface area contributed by atoms with E-state index in [1.807, 2.05) is 13.0 Å². The number of alkyl halides is 1. The van der Waals surface area contributed by atoms with Crippen LogP contribution in [0.1, 0.15) is 13.3 Å². The number of hydrogen-bond donors (Lipinski definition) is 0. The zero-order chi connectivity index (χ0) is 7.72. The third kappa shape index (κ3) is 1.71. The molecular weight excluding hydrogens is 187 g/mol. The lowest BCUT2D eigenvalue weighted by Crippen LogP contribution is -2.22. The van der Waals surface area contributed by atoms with Crippen molar-refractivity contribution in [2.24, 2.45) is 5.92 Å². The third-order valence-corrected chi connectivity index (χ3v) is 2.97. The molecule has 0 aromatic carbocycles. The van der Waals surface area contributed by atoms with Crippen molar-refractivity contribution in [3.8, 4) is 0 Å². The molecule has 0 aromatic heterocycles. The molecule has 0 aromatic rings. The summed E-state index contributed by atoms with van der Waals surface area (Å²) in [5.41, 5.74) is 0. The van der Waals surface area contributed by atoms with Gasteiger partial charge >= 0.3 is 0 Å². The molecular formula is C7H8Cl2S. The Morgan fingerprint density at radius 1 is 1.70 bits per heavy atom. The first kappa shape index (κ1) is 8.51. The van der Waals surface area contributed by atoms with Gasteiger partial charge in [0.15, 0.2) is 0 Å². The fourth-order valence-corrected chi connectivity index (χ4v) is 2.00. The number of hydrogen-bond acceptors (Lipinski definition) is 1. The fourth-order valence-electron chi connectivity index (χ4n) is 0.886. The lowest BCUT2D eigenvalue weighted by Gasteiger charge is -2.21. The number of thiocarbonyl (C=S) groups is 1. The summed E-state index contributed by atoms with van der Waals surface area (Å²) in [7, 11) is 0. The molecule has 0 nitrogen and oxygen atoms in total. The Morgan fingerprint density at radius 3 is 2.80 bits per heavy atom. The normalized spacial score (nSPS) is 33.9. The van der Waals surface area contributed by atoms with E-state index >= 15 is 0 Å². The topological polar surface area (TPSA) is 0 Å². The zero-order valence-corrected chi connectivity index (χ0v) is 7.93. The summed E-state index contributed by atoms with van der Waals surface area (Å²) in [5, 5.41) is 0.869. The van der Waals surface area contributed by atoms with E-state index in [0.717, 1.165) is 16.3 Å². The SMILES string of the molecule is CC1C(=S)C=C(Cl)CC1Cl. The molecule has 2 atom stereocenters. The second-order valence-corrected chi connectivity index (χ2v) is 4.02. The minimum absolute atomic E-state index is 0.0880. The maximum atomic E-state index is 5.94. The molecule has 10 heavy (non-hydrogen) atoms. The van der Waals surface area contributed by atoms with Crippen LogP contribution in [0.25, 0.3) is 0 Å². The van der Waals surface area contributed by atoms with Gasteiger partial charge in [-0.2, -0.15) is 0 Å². The van der Waals surface area contributed by atoms with E-state index in [2.05, 4.69) is 0 Å². The van der Waals surface area contributed by atoms with E-state index in [4.69, 9.17) is 35.4 Å². The van der Waals surface area contributed by atoms with Gasteiger partial charge in [0, 0.05) is 27.6 Å². The second-order valence-electron chi connectivity index (χ2n) is 2.50. The van der Waals surface area contributed by atoms with Crippen LogP contribution in [-0.2, 0) is 0 Å². The maximum Gasteiger partial charge on any atom is 0.0459 e. The van der Waals surface area contributed by atoms with E-state index < -0.39 is 0 Å². The van der Waals surface area contributed by atoms with Crippen molar-refractivity contribution in [1.29, 1.82) is 0 Å². The van der Waals surface area contributed by atoms with E-state index in [-0.39, 0.29) is 5.38 Å². The van der Waals surface area contributed by atoms with Gasteiger partial charge in [-0.15, -0.1) is 11.6 Å². The van der Waals surface area contributed by atoms with Crippen LogP contribution < -0.4 is 0 Å². The molecule has 1 aliphatic rings. The highest BCUT2D eigenvalue weighted by Gasteiger charge is 2.22. The predicted molar refractivity (Wildman–Crippen MR) is 50.0 cm³/mol. The summed E-state index contributed by atoms with van der Waals surface area (Å²) in [6, 6.07) is 0. The van der Waals surface area contributed by atoms with Gasteiger partial charge in [0.1, 0.15) is 0 Å². The highest BCUT2D eigenvalue weighted by Crippen LogP contribution is 2.28. The Hall–Kier alpha value is 0.410. The van der Waals surface area contributed by atoms with E-state index in [9.17, 15) is 0 Å². The number of rotatable bonds is 0. The molecule has 0 heterocycles. The van der Waals surface area contributed by atoms with Crippen LogP contribution in [0.3, 0.4) is 0 Å². The Morgan fingerprint density at radius 2 is 2.30 bits per heavy atom. The van der Waals surface area contributed by atoms with Gasteiger partial charge in [-0.3, -0.25) is 0 Å². The Kier molecular flexibility index (Phi) is 2.73. The summed E-state index contributed by atoms with van der Waals surface area (Å²) < 4.78 is 0. The molecule has 0 fully saturated rings. The standard InChI is InChI=1S/C7H8Cl2S/c1-4-6(9)2-5(8)3-7(4)10/h3-4,6H,2H2,1H3. The molecule has 0 N–H and O–H groups in total. The van der Waals surface area contributed by atoms with Gasteiger partial charge in [0.2, 0.25) is 0 Å². The molecule has 0 aliphatic heterocycles. The van der Waals surface area contributed by atoms with Crippen LogP contribution in [0, 0.1) is 5.92 Å². The summed E-state index contributed by atoms with van der Waals surface area (Å²) in [6.07, 6.45) is 2.59. The molecule has 0 radical (unpaired) electrons. The molecule has 1 rings (SSSR count). The summed E-state index contributed by atoms with van der Waals surface area (Å²) >= 11 is 16.7. The quantitative estimate of drug-likeness (QED) is 0.422. The van der Waals surface area contributed by atoms with Gasteiger partial charge in [0.05, 0.1) is 0 Å². The number of halogens is 2. The van der Waals surface area contributed by atoms with E-state index in [1.165, 1.54) is 0 Å². The molecule has 56 valence electrons. The average molecular weight is 195 g/mol. The van der Waals surface area contributed by atoms with E-state index in [0.29, 0.717) is 5.92 Å². The Balaban J connectivity index is 2.79. The minimum Gasteiger partial charge on any atom is -0.122 e. The predicted octanol–water partition coefficient (Wildman–Crippen LogP) is 3.13. The molecule has 1 aliphatic carbocycles. The van der Waals surface area contributed by atoms with Gasteiger partial charge in [-0.25, -0.2) is 0 Å². The van der Waals surface area contributed by atoms with Crippen molar-refractivity contribution in [2.45, 2.75) is 18.7 Å². The average Bonchev–Trinajstić information content (AvgIpc) is 1.82. The van der Waals surface area contributed by atoms with Crippen molar-refractivity contribution < 1.29 is 0 Å². The summed E-state index contributed by atoms with van der Waals surface area (Å²) in [5.74, 6) is 0.291. The molecule has 0 saturated carbocycles. The maximum absolute atomic E-state index is 5.94. The van der Waals surface area contributed by atoms with Crippen molar-refractivity contribution in [2.75, 3.05) is 0 Å². The number of allylic oxidation sites excluding steroid dienone is 2. The Bertz CT molecular complexity index is 186. The van der Waals surface area contributed by atoms with Crippen LogP contribution in [0.5, 0.6) is 0 Å². The second kappa shape index (κ2) is 3.21. The van der Waals surface area contributed by atoms with Crippen LogP contribution >= 0.6 is 35.4 Å². The first-order valence-electron chi connectivity index (χ1n) is 3.15. The summed E-state index contributed by atoms with van der Waals surface area (Å²) in [6.45, 7) is 2.03. The molecule has 2 unspecified atom stereocenters. The van der Waals surface area contributed by atoms with E-state index in [1.54, 1.807) is 0 Å². The van der Waals surface area contributed by atoms with Crippen molar-refractivity contribution >= 4 is 40.3 Å². The van der Waals surface area contributed by atoms with Gasteiger partial charge in [-0.1, -0.05) is 30.7 Å². The first-order valence-corrected chi connectivity index (χ1v) is 4.37. The smallest absolute Gasteiger partial charge is 0.0459 e. The lowest BCUT2D eigenvalue weighted by atomic mass is 9.95. The van der Waals surface area contributed by atoms with Crippen molar-refractivity contribution in [3.05, 3.63) is 11.1 Å². The monoisotopic (exact) mass is 194 g/mol. The fraction of sp³-hybridized carbons (Fsp3) is 0.571. The first-order chi connectivity index (χ1) is 4.61. The molecule has 0 saturated heterocycles. The highest BCUT2D eigenvalue weighted by atomic mass is 35.5. The van der Waals surface area contributed by atoms with Crippen molar-refractivity contribution in [3.63, 3.8) is 0 Å². The van der Waals surface area contributed by atoms with Crippen LogP contribution in [0.4, 0.5) is 0 Å². The summed E-state index contributed by atoms with van der Waals surface area (Å²) in [4.78, 5) is 0.872. The van der Waals surface area contributed by atoms with Gasteiger partial charge in [-0.05, 0) is 6.08 Å². The largest absolute Gasteiger partial charge is 0.122 e. The van der Waals surface area contributed by atoms with Gasteiger partial charge < -0.3 is 0 Å². The third-order valence-electron chi connectivity index (χ3n) is 1.68. The van der Waals surface area contributed by atoms with Gasteiger partial charge in [0.25, 0.3) is 0 Å². The van der Waals surface area contributed by atoms with Crippen molar-refractivity contribution in [1.82, 2.24) is 0 Å². The van der Waals surface area contributed by atoms with Crippen LogP contribution in [-0.4, -0.2) is 10.2 Å². The molecule has 3 heteroatoms. The highest BCUT2D eigenvalue weighted by molar-refractivity contribution is 7.80. The molecule has 0 amide bonds. The Labute approximate surface area is 76.2 Å². The lowest BCUT2D eigenvalue weighted by molar-refractivity contribution is 0.697.